The summed E-state index contributed by atoms with van der Waals surface area (Å²) in [5.41, 5.74) is 0. The van der Waals surface area contributed by atoms with Gasteiger partial charge in [-0.1, -0.05) is 0 Å². The molecule has 0 heterocycles. The van der Waals surface area contributed by atoms with Crippen molar-refractivity contribution in [2.24, 2.45) is 0 Å². The topological polar surface area (TPSA) is 20.2 Å². The molecule has 0 aliphatic carbocycles. The van der Waals surface area contributed by atoms with Gasteiger partial charge in [0.25, 0.3) is 0 Å². The van der Waals surface area contributed by atoms with E-state index in [-0.39, 0.29) is 6.10 Å². The second-order valence-electron chi connectivity index (χ2n) is 1.98. The molecule has 0 amide bonds. The van der Waals surface area contributed by atoms with Crippen LogP contribution in [-0.4, -0.2) is 23.2 Å². The van der Waals surface area contributed by atoms with Crippen LogP contribution in [0.5, 0.6) is 0 Å². The van der Waals surface area contributed by atoms with E-state index >= 15 is 0 Å². The van der Waals surface area contributed by atoms with Gasteiger partial charge in [0, 0.05) is 0 Å². The zero-order chi connectivity index (χ0) is 6.41. The fourth-order valence-corrected chi connectivity index (χ4v) is 0.978. The summed E-state index contributed by atoms with van der Waals surface area (Å²) in [5.74, 6) is 1.17. The SMILES string of the molecule is CSCCC[C@@H](C)O. The van der Waals surface area contributed by atoms with Gasteiger partial charge >= 0.3 is 0 Å². The quantitative estimate of drug-likeness (QED) is 0.588. The van der Waals surface area contributed by atoms with Gasteiger partial charge in [0.2, 0.25) is 0 Å². The van der Waals surface area contributed by atoms with Gasteiger partial charge in [0.15, 0.2) is 0 Å². The largest absolute Gasteiger partial charge is 0.393 e. The van der Waals surface area contributed by atoms with Gasteiger partial charge in [-0.15, -0.1) is 0 Å². The second kappa shape index (κ2) is 5.45. The highest BCUT2D eigenvalue weighted by molar-refractivity contribution is 7.98. The Hall–Kier alpha value is 0.310. The maximum Gasteiger partial charge on any atom is 0.0512 e. The molecule has 8 heavy (non-hydrogen) atoms. The van der Waals surface area contributed by atoms with Crippen LogP contribution in [-0.2, 0) is 0 Å². The normalized spacial score (nSPS) is 13.9. The third kappa shape index (κ3) is 6.31. The van der Waals surface area contributed by atoms with Crippen LogP contribution in [0.4, 0.5) is 0 Å². The number of hydrogen-bond acceptors (Lipinski definition) is 2. The summed E-state index contributed by atoms with van der Waals surface area (Å²) in [6.45, 7) is 1.83. The van der Waals surface area contributed by atoms with Crippen LogP contribution in [0, 0.1) is 0 Å². The van der Waals surface area contributed by atoms with Crippen LogP contribution in [0.25, 0.3) is 0 Å². The fraction of sp³-hybridized carbons (Fsp3) is 1.00. The second-order valence-corrected chi connectivity index (χ2v) is 2.97. The molecular weight excluding hydrogens is 120 g/mol. The van der Waals surface area contributed by atoms with E-state index in [1.54, 1.807) is 0 Å². The van der Waals surface area contributed by atoms with E-state index in [1.807, 2.05) is 18.7 Å². The highest BCUT2D eigenvalue weighted by Gasteiger charge is 1.92. The van der Waals surface area contributed by atoms with Crippen molar-refractivity contribution in [3.05, 3.63) is 0 Å². The van der Waals surface area contributed by atoms with E-state index in [4.69, 9.17) is 5.11 Å². The van der Waals surface area contributed by atoms with Crippen molar-refractivity contribution < 1.29 is 5.11 Å². The molecule has 0 saturated heterocycles. The minimum atomic E-state index is -0.109. The average Bonchev–Trinajstić information content (AvgIpc) is 1.66. The van der Waals surface area contributed by atoms with Crippen molar-refractivity contribution in [3.8, 4) is 0 Å². The summed E-state index contributed by atoms with van der Waals surface area (Å²) >= 11 is 1.83. The third-order valence-electron chi connectivity index (χ3n) is 0.970. The monoisotopic (exact) mass is 134 g/mol. The number of thioether (sulfide) groups is 1. The lowest BCUT2D eigenvalue weighted by Crippen LogP contribution is -1.98. The summed E-state index contributed by atoms with van der Waals surface area (Å²) in [5, 5.41) is 8.77. The van der Waals surface area contributed by atoms with Crippen molar-refractivity contribution in [2.45, 2.75) is 25.9 Å². The molecule has 0 unspecified atom stereocenters. The van der Waals surface area contributed by atoms with Crippen LogP contribution in [0.15, 0.2) is 0 Å². The van der Waals surface area contributed by atoms with Gasteiger partial charge in [0.1, 0.15) is 0 Å². The number of hydrogen-bond donors (Lipinski definition) is 1. The molecule has 1 atom stereocenters. The van der Waals surface area contributed by atoms with Crippen LogP contribution in [0.2, 0.25) is 0 Å². The lowest BCUT2D eigenvalue weighted by Gasteiger charge is -2.00. The Morgan fingerprint density at radius 2 is 2.25 bits per heavy atom. The predicted octanol–water partition coefficient (Wildman–Crippen LogP) is 1.51. The van der Waals surface area contributed by atoms with E-state index in [0.717, 1.165) is 12.8 Å². The first-order chi connectivity index (χ1) is 3.77. The Morgan fingerprint density at radius 1 is 1.62 bits per heavy atom. The predicted molar refractivity (Wildman–Crippen MR) is 39.3 cm³/mol. The van der Waals surface area contributed by atoms with Crippen LogP contribution < -0.4 is 0 Å². The molecular formula is C6H14OS. The maximum absolute atomic E-state index is 8.77. The molecule has 0 aliphatic rings. The van der Waals surface area contributed by atoms with Gasteiger partial charge in [0.05, 0.1) is 6.10 Å². The summed E-state index contributed by atoms with van der Waals surface area (Å²) in [6.07, 6.45) is 4.06. The first-order valence-corrected chi connectivity index (χ1v) is 4.33. The van der Waals surface area contributed by atoms with Gasteiger partial charge in [-0.05, 0) is 31.8 Å². The molecule has 0 aliphatic heterocycles. The molecule has 0 aromatic rings. The Labute approximate surface area is 55.5 Å². The molecule has 1 N–H and O–H groups in total. The zero-order valence-electron chi connectivity index (χ0n) is 5.55. The van der Waals surface area contributed by atoms with E-state index in [0.29, 0.717) is 0 Å². The van der Waals surface area contributed by atoms with Crippen LogP contribution >= 0.6 is 11.8 Å². The standard InChI is InChI=1S/C6H14OS/c1-6(7)4-3-5-8-2/h6-7H,3-5H2,1-2H3/t6-/m1/s1. The highest BCUT2D eigenvalue weighted by atomic mass is 32.2. The van der Waals surface area contributed by atoms with Gasteiger partial charge < -0.3 is 5.11 Å². The third-order valence-corrected chi connectivity index (χ3v) is 1.67. The molecule has 0 rings (SSSR count). The summed E-state index contributed by atoms with van der Waals surface area (Å²) in [7, 11) is 0. The van der Waals surface area contributed by atoms with Crippen molar-refractivity contribution in [3.63, 3.8) is 0 Å². The minimum Gasteiger partial charge on any atom is -0.393 e. The first-order valence-electron chi connectivity index (χ1n) is 2.94. The van der Waals surface area contributed by atoms with Crippen molar-refractivity contribution in [1.29, 1.82) is 0 Å². The summed E-state index contributed by atoms with van der Waals surface area (Å²) in [6, 6.07) is 0. The maximum atomic E-state index is 8.77. The Morgan fingerprint density at radius 3 is 2.62 bits per heavy atom. The molecule has 1 nitrogen and oxygen atoms in total. The summed E-state index contributed by atoms with van der Waals surface area (Å²) in [4.78, 5) is 0. The van der Waals surface area contributed by atoms with Gasteiger partial charge in [-0.2, -0.15) is 11.8 Å². The molecule has 0 fully saturated rings. The van der Waals surface area contributed by atoms with Crippen molar-refractivity contribution >= 4 is 11.8 Å². The average molecular weight is 134 g/mol. The van der Waals surface area contributed by atoms with E-state index in [9.17, 15) is 0 Å². The zero-order valence-corrected chi connectivity index (χ0v) is 6.37. The number of aliphatic hydroxyl groups excluding tert-OH is 1. The summed E-state index contributed by atoms with van der Waals surface area (Å²) < 4.78 is 0. The minimum absolute atomic E-state index is 0.109. The molecule has 0 radical (unpaired) electrons. The molecule has 0 saturated carbocycles. The molecule has 0 bridgehead atoms. The highest BCUT2D eigenvalue weighted by Crippen LogP contribution is 2.01. The molecule has 2 heteroatoms. The number of rotatable bonds is 4. The van der Waals surface area contributed by atoms with Crippen LogP contribution in [0.1, 0.15) is 19.8 Å². The van der Waals surface area contributed by atoms with E-state index in [2.05, 4.69) is 6.26 Å². The molecule has 0 aromatic carbocycles. The van der Waals surface area contributed by atoms with Crippen molar-refractivity contribution in [1.82, 2.24) is 0 Å². The molecule has 0 spiro atoms. The lowest BCUT2D eigenvalue weighted by molar-refractivity contribution is 0.184. The first kappa shape index (κ1) is 8.31. The number of aliphatic hydroxyl groups is 1. The Bertz CT molecular complexity index is 45.8. The Kier molecular flexibility index (Phi) is 5.66. The fourth-order valence-electron chi connectivity index (χ4n) is 0.523. The smallest absolute Gasteiger partial charge is 0.0512 e. The molecule has 50 valence electrons. The van der Waals surface area contributed by atoms with Gasteiger partial charge in [-0.3, -0.25) is 0 Å². The Balaban J connectivity index is 2.72. The molecule has 0 aromatic heterocycles. The lowest BCUT2D eigenvalue weighted by atomic mass is 10.2. The van der Waals surface area contributed by atoms with Gasteiger partial charge in [-0.25, -0.2) is 0 Å². The van der Waals surface area contributed by atoms with Crippen LogP contribution in [0.3, 0.4) is 0 Å². The van der Waals surface area contributed by atoms with E-state index in [1.165, 1.54) is 5.75 Å². The van der Waals surface area contributed by atoms with E-state index < -0.39 is 0 Å². The van der Waals surface area contributed by atoms with Crippen molar-refractivity contribution in [2.75, 3.05) is 12.0 Å².